The van der Waals surface area contributed by atoms with Crippen LogP contribution < -0.4 is 0 Å². The van der Waals surface area contributed by atoms with Gasteiger partial charge in [0.05, 0.1) is 6.42 Å². The monoisotopic (exact) mass is 177 g/mol. The number of aliphatic carboxylic acids is 1. The molecule has 1 N–H and O–H groups in total. The number of aryl methyl sites for hydroxylation is 1. The molecule has 0 atom stereocenters. The number of carbonyl (C=O) groups is 1. The van der Waals surface area contributed by atoms with E-state index in [1.807, 2.05) is 12.1 Å². The summed E-state index contributed by atoms with van der Waals surface area (Å²) in [5.74, 6) is -0.735. The van der Waals surface area contributed by atoms with E-state index in [-0.39, 0.29) is 6.42 Å². The van der Waals surface area contributed by atoms with Gasteiger partial charge < -0.3 is 9.67 Å². The molecule has 0 aromatic carbocycles. The minimum atomic E-state index is -0.735. The first-order valence-corrected chi connectivity index (χ1v) is 4.34. The van der Waals surface area contributed by atoms with Crippen LogP contribution in [0.25, 0.3) is 6.08 Å². The lowest BCUT2D eigenvalue weighted by Gasteiger charge is -2.03. The fourth-order valence-electron chi connectivity index (χ4n) is 1.63. The van der Waals surface area contributed by atoms with Gasteiger partial charge in [0.15, 0.2) is 0 Å². The van der Waals surface area contributed by atoms with Crippen molar-refractivity contribution >= 4 is 12.0 Å². The van der Waals surface area contributed by atoms with E-state index in [1.165, 1.54) is 5.69 Å². The summed E-state index contributed by atoms with van der Waals surface area (Å²) >= 11 is 0. The molecule has 0 spiro atoms. The van der Waals surface area contributed by atoms with Crippen LogP contribution >= 0.6 is 0 Å². The third kappa shape index (κ3) is 1.49. The van der Waals surface area contributed by atoms with Gasteiger partial charge in [0.1, 0.15) is 0 Å². The highest BCUT2D eigenvalue weighted by Crippen LogP contribution is 2.17. The van der Waals surface area contributed by atoms with Crippen LogP contribution in [0.15, 0.2) is 18.2 Å². The molecule has 0 bridgehead atoms. The van der Waals surface area contributed by atoms with Crippen molar-refractivity contribution in [3.8, 4) is 0 Å². The molecule has 13 heavy (non-hydrogen) atoms. The molecule has 0 amide bonds. The minimum Gasteiger partial charge on any atom is -0.481 e. The Balaban J connectivity index is 2.10. The van der Waals surface area contributed by atoms with Crippen molar-refractivity contribution in [3.05, 3.63) is 29.6 Å². The van der Waals surface area contributed by atoms with Gasteiger partial charge in [-0.05, 0) is 24.6 Å². The van der Waals surface area contributed by atoms with E-state index < -0.39 is 5.97 Å². The summed E-state index contributed by atoms with van der Waals surface area (Å²) in [6, 6.07) is 4.03. The van der Waals surface area contributed by atoms with E-state index in [9.17, 15) is 4.79 Å². The molecule has 1 aliphatic heterocycles. The van der Waals surface area contributed by atoms with E-state index in [0.717, 1.165) is 12.2 Å². The molecule has 0 unspecified atom stereocenters. The molecule has 1 aliphatic rings. The standard InChI is InChI=1S/C10H11NO2/c12-10(13)6-5-9-4-3-8-2-1-7-11(8)9/h1-4H,5-7H2,(H,12,13). The summed E-state index contributed by atoms with van der Waals surface area (Å²) in [4.78, 5) is 10.4. The first-order chi connectivity index (χ1) is 6.27. The van der Waals surface area contributed by atoms with Crippen LogP contribution in [-0.2, 0) is 17.8 Å². The van der Waals surface area contributed by atoms with Gasteiger partial charge in [-0.2, -0.15) is 0 Å². The number of rotatable bonds is 3. The van der Waals surface area contributed by atoms with Crippen molar-refractivity contribution in [1.82, 2.24) is 4.57 Å². The van der Waals surface area contributed by atoms with Crippen LogP contribution in [-0.4, -0.2) is 15.6 Å². The van der Waals surface area contributed by atoms with E-state index in [1.54, 1.807) is 0 Å². The second-order valence-electron chi connectivity index (χ2n) is 3.16. The predicted octanol–water partition coefficient (Wildman–Crippen LogP) is 1.53. The van der Waals surface area contributed by atoms with Gasteiger partial charge in [-0.25, -0.2) is 0 Å². The van der Waals surface area contributed by atoms with Crippen LogP contribution in [0, 0.1) is 0 Å². The van der Waals surface area contributed by atoms with Crippen molar-refractivity contribution < 1.29 is 9.90 Å². The van der Waals surface area contributed by atoms with E-state index in [2.05, 4.69) is 16.7 Å². The van der Waals surface area contributed by atoms with Gasteiger partial charge in [-0.3, -0.25) is 4.79 Å². The molecule has 0 aliphatic carbocycles. The Morgan fingerprint density at radius 1 is 1.54 bits per heavy atom. The van der Waals surface area contributed by atoms with Crippen molar-refractivity contribution in [2.24, 2.45) is 0 Å². The number of fused-ring (bicyclic) bond motifs is 1. The Bertz CT molecular complexity index is 363. The second-order valence-corrected chi connectivity index (χ2v) is 3.16. The average Bonchev–Trinajstić information content (AvgIpc) is 2.60. The zero-order valence-corrected chi connectivity index (χ0v) is 7.23. The molecule has 0 radical (unpaired) electrons. The number of aromatic nitrogens is 1. The molecule has 3 nitrogen and oxygen atoms in total. The number of hydrogen-bond acceptors (Lipinski definition) is 1. The molecule has 0 saturated carbocycles. The second kappa shape index (κ2) is 3.09. The van der Waals surface area contributed by atoms with Gasteiger partial charge >= 0.3 is 5.97 Å². The maximum Gasteiger partial charge on any atom is 0.303 e. The molecule has 0 fully saturated rings. The van der Waals surface area contributed by atoms with Crippen LogP contribution in [0.1, 0.15) is 17.8 Å². The maximum absolute atomic E-state index is 10.4. The molecule has 1 aromatic heterocycles. The molecule has 3 heteroatoms. The predicted molar refractivity (Wildman–Crippen MR) is 49.4 cm³/mol. The summed E-state index contributed by atoms with van der Waals surface area (Å²) in [6.07, 6.45) is 4.98. The maximum atomic E-state index is 10.4. The molecule has 68 valence electrons. The summed E-state index contributed by atoms with van der Waals surface area (Å²) in [6.45, 7) is 0.886. The Morgan fingerprint density at radius 3 is 3.15 bits per heavy atom. The van der Waals surface area contributed by atoms with Crippen molar-refractivity contribution in [2.75, 3.05) is 0 Å². The first kappa shape index (κ1) is 8.10. The van der Waals surface area contributed by atoms with Gasteiger partial charge in [-0.15, -0.1) is 0 Å². The highest BCUT2D eigenvalue weighted by molar-refractivity contribution is 5.67. The SMILES string of the molecule is O=C(O)CCc1ccc2n1CC=C2. The van der Waals surface area contributed by atoms with E-state index in [4.69, 9.17) is 5.11 Å². The Kier molecular flexibility index (Phi) is 1.93. The largest absolute Gasteiger partial charge is 0.481 e. The number of nitrogens with zero attached hydrogens (tertiary/aromatic N) is 1. The lowest BCUT2D eigenvalue weighted by Crippen LogP contribution is -2.03. The van der Waals surface area contributed by atoms with Gasteiger partial charge in [0, 0.05) is 17.9 Å². The number of hydrogen-bond donors (Lipinski definition) is 1. The highest BCUT2D eigenvalue weighted by Gasteiger charge is 2.09. The van der Waals surface area contributed by atoms with Crippen molar-refractivity contribution in [1.29, 1.82) is 0 Å². The molecule has 1 aromatic rings. The summed E-state index contributed by atoms with van der Waals surface area (Å²) in [5.41, 5.74) is 2.29. The third-order valence-corrected chi connectivity index (χ3v) is 2.28. The molecule has 2 heterocycles. The zero-order chi connectivity index (χ0) is 9.26. The average molecular weight is 177 g/mol. The Labute approximate surface area is 76.3 Å². The third-order valence-electron chi connectivity index (χ3n) is 2.28. The summed E-state index contributed by atoms with van der Waals surface area (Å²) < 4.78 is 2.14. The molecule has 0 saturated heterocycles. The van der Waals surface area contributed by atoms with Crippen molar-refractivity contribution in [2.45, 2.75) is 19.4 Å². The normalized spacial score (nSPS) is 13.2. The number of allylic oxidation sites excluding steroid dienone is 1. The fraction of sp³-hybridized carbons (Fsp3) is 0.300. The fourth-order valence-corrected chi connectivity index (χ4v) is 1.63. The zero-order valence-electron chi connectivity index (χ0n) is 7.23. The Morgan fingerprint density at radius 2 is 2.38 bits per heavy atom. The van der Waals surface area contributed by atoms with Crippen molar-refractivity contribution in [3.63, 3.8) is 0 Å². The van der Waals surface area contributed by atoms with Crippen LogP contribution in [0.5, 0.6) is 0 Å². The lowest BCUT2D eigenvalue weighted by molar-refractivity contribution is -0.136. The number of carboxylic acids is 1. The van der Waals surface area contributed by atoms with Gasteiger partial charge in [0.25, 0.3) is 0 Å². The highest BCUT2D eigenvalue weighted by atomic mass is 16.4. The summed E-state index contributed by atoms with van der Waals surface area (Å²) in [5, 5.41) is 8.54. The van der Waals surface area contributed by atoms with E-state index >= 15 is 0 Å². The first-order valence-electron chi connectivity index (χ1n) is 4.34. The quantitative estimate of drug-likeness (QED) is 0.760. The van der Waals surface area contributed by atoms with Gasteiger partial charge in [-0.1, -0.05) is 6.08 Å². The Hall–Kier alpha value is -1.51. The van der Waals surface area contributed by atoms with E-state index in [0.29, 0.717) is 6.42 Å². The molecule has 2 rings (SSSR count). The van der Waals surface area contributed by atoms with Crippen LogP contribution in [0.2, 0.25) is 0 Å². The molecular weight excluding hydrogens is 166 g/mol. The smallest absolute Gasteiger partial charge is 0.303 e. The number of carboxylic acid groups (broad SMARTS) is 1. The minimum absolute atomic E-state index is 0.212. The lowest BCUT2D eigenvalue weighted by atomic mass is 10.2. The molecular formula is C10H11NO2. The van der Waals surface area contributed by atoms with Crippen LogP contribution in [0.3, 0.4) is 0 Å². The summed E-state index contributed by atoms with van der Waals surface area (Å²) in [7, 11) is 0. The van der Waals surface area contributed by atoms with Gasteiger partial charge in [0.2, 0.25) is 0 Å². The topological polar surface area (TPSA) is 42.2 Å². The van der Waals surface area contributed by atoms with Crippen LogP contribution in [0.4, 0.5) is 0 Å².